The van der Waals surface area contributed by atoms with Crippen molar-refractivity contribution in [2.45, 2.75) is 77.6 Å². The number of nitrogens with zero attached hydrogens (tertiary/aromatic N) is 2. The van der Waals surface area contributed by atoms with Crippen molar-refractivity contribution in [3.63, 3.8) is 0 Å². The molecule has 0 saturated carbocycles. The number of hydrogen-bond donors (Lipinski definition) is 3. The van der Waals surface area contributed by atoms with Crippen molar-refractivity contribution in [3.8, 4) is 0 Å². The van der Waals surface area contributed by atoms with Crippen LogP contribution in [0.15, 0.2) is 78.9 Å². The Balaban J connectivity index is 1.21. The molecule has 1 aliphatic heterocycles. The predicted molar refractivity (Wildman–Crippen MR) is 190 cm³/mol. The van der Waals surface area contributed by atoms with Crippen molar-refractivity contribution in [2.75, 3.05) is 31.5 Å². The highest BCUT2D eigenvalue weighted by Gasteiger charge is 2.36. The van der Waals surface area contributed by atoms with E-state index in [9.17, 15) is 19.2 Å². The first-order chi connectivity index (χ1) is 23.5. The number of nitrogens with one attached hydrogen (secondary N) is 3. The predicted octanol–water partition coefficient (Wildman–Crippen LogP) is 4.72. The summed E-state index contributed by atoms with van der Waals surface area (Å²) in [6.07, 6.45) is 1.31. The number of rotatable bonds is 11. The minimum absolute atomic E-state index is 0.0906. The zero-order valence-corrected chi connectivity index (χ0v) is 29.0. The van der Waals surface area contributed by atoms with Crippen LogP contribution >= 0.6 is 0 Å². The van der Waals surface area contributed by atoms with E-state index in [-0.39, 0.29) is 30.1 Å². The first-order valence-corrected chi connectivity index (χ1v) is 17.3. The van der Waals surface area contributed by atoms with E-state index in [0.717, 1.165) is 25.2 Å². The summed E-state index contributed by atoms with van der Waals surface area (Å²) in [5.74, 6) is -0.723. The molecule has 1 aliphatic carbocycles. The van der Waals surface area contributed by atoms with Crippen LogP contribution in [0.4, 0.5) is 10.5 Å². The molecule has 0 bridgehead atoms. The smallest absolute Gasteiger partial charge is 0.408 e. The summed E-state index contributed by atoms with van der Waals surface area (Å²) in [6, 6.07) is 24.2. The lowest BCUT2D eigenvalue weighted by Gasteiger charge is -2.36. The summed E-state index contributed by atoms with van der Waals surface area (Å²) >= 11 is 0. The molecule has 2 atom stereocenters. The number of benzene rings is 3. The fourth-order valence-corrected chi connectivity index (χ4v) is 6.53. The van der Waals surface area contributed by atoms with Gasteiger partial charge in [-0.15, -0.1) is 0 Å². The number of fused-ring (bicyclic) bond motifs is 1. The van der Waals surface area contributed by atoms with Gasteiger partial charge in [0.2, 0.25) is 17.7 Å². The number of carbonyl (C=O) groups excluding carboxylic acids is 4. The van der Waals surface area contributed by atoms with Gasteiger partial charge in [0.1, 0.15) is 17.7 Å². The van der Waals surface area contributed by atoms with Gasteiger partial charge in [0.15, 0.2) is 0 Å². The van der Waals surface area contributed by atoms with Gasteiger partial charge in [-0.1, -0.05) is 73.7 Å². The van der Waals surface area contributed by atoms with Gasteiger partial charge in [0, 0.05) is 51.3 Å². The topological polar surface area (TPSA) is 120 Å². The van der Waals surface area contributed by atoms with E-state index in [1.54, 1.807) is 39.8 Å². The molecule has 49 heavy (non-hydrogen) atoms. The first-order valence-electron chi connectivity index (χ1n) is 17.3. The van der Waals surface area contributed by atoms with E-state index in [2.05, 4.69) is 45.1 Å². The lowest BCUT2D eigenvalue weighted by atomic mass is 9.95. The third kappa shape index (κ3) is 10.2. The summed E-state index contributed by atoms with van der Waals surface area (Å²) in [6.45, 7) is 10.7. The standard InChI is InChI=1S/C39H49N5O5/c1-5-34(45)41-33(37(47)44-21-19-43(20-22-44)26-28-11-7-6-8-12-28)23-27-15-17-32(18-16-27)40-36(46)35(42-38(48)49-39(2,3)4)31-24-29-13-9-10-14-30(29)25-31/h6-18,31,33,35H,5,19-26H2,1-4H3,(H,40,46)(H,41,45)(H,42,48)/t33-,35+/m1/s1. The van der Waals surface area contributed by atoms with E-state index < -0.39 is 23.8 Å². The molecule has 4 amide bonds. The van der Waals surface area contributed by atoms with E-state index in [1.807, 2.05) is 47.4 Å². The van der Waals surface area contributed by atoms with Crippen molar-refractivity contribution in [1.29, 1.82) is 0 Å². The molecule has 1 saturated heterocycles. The molecule has 2 aliphatic rings. The Bertz CT molecular complexity index is 1570. The Morgan fingerprint density at radius 3 is 2.00 bits per heavy atom. The highest BCUT2D eigenvalue weighted by Crippen LogP contribution is 2.29. The fraction of sp³-hybridized carbons (Fsp3) is 0.436. The van der Waals surface area contributed by atoms with Gasteiger partial charge in [0.05, 0.1) is 0 Å². The first kappa shape index (κ1) is 35.6. The molecule has 0 aromatic heterocycles. The summed E-state index contributed by atoms with van der Waals surface area (Å²) in [7, 11) is 0. The van der Waals surface area contributed by atoms with Crippen LogP contribution in [0.25, 0.3) is 0 Å². The minimum atomic E-state index is -0.804. The molecule has 3 N–H and O–H groups in total. The van der Waals surface area contributed by atoms with Gasteiger partial charge in [-0.2, -0.15) is 0 Å². The second kappa shape index (κ2) is 16.1. The highest BCUT2D eigenvalue weighted by molar-refractivity contribution is 5.97. The fourth-order valence-electron chi connectivity index (χ4n) is 6.53. The average molecular weight is 668 g/mol. The lowest BCUT2D eigenvalue weighted by Crippen LogP contribution is -2.55. The van der Waals surface area contributed by atoms with E-state index >= 15 is 0 Å². The summed E-state index contributed by atoms with van der Waals surface area (Å²) in [4.78, 5) is 56.8. The van der Waals surface area contributed by atoms with Gasteiger partial charge < -0.3 is 25.6 Å². The maximum absolute atomic E-state index is 13.7. The second-order valence-electron chi connectivity index (χ2n) is 14.0. The zero-order valence-electron chi connectivity index (χ0n) is 29.0. The van der Waals surface area contributed by atoms with Gasteiger partial charge in [0.25, 0.3) is 0 Å². The molecule has 3 aromatic carbocycles. The van der Waals surface area contributed by atoms with Crippen LogP contribution in [0, 0.1) is 5.92 Å². The Morgan fingerprint density at radius 1 is 0.796 bits per heavy atom. The number of ether oxygens (including phenoxy) is 1. The SMILES string of the molecule is CCC(=O)N[C@H](Cc1ccc(NC(=O)[C@@H](NC(=O)OC(C)(C)C)C2Cc3ccccc3C2)cc1)C(=O)N1CCN(Cc2ccccc2)CC1. The summed E-state index contributed by atoms with van der Waals surface area (Å²) < 4.78 is 5.49. The van der Waals surface area contributed by atoms with Crippen LogP contribution in [0.3, 0.4) is 0 Å². The quantitative estimate of drug-likeness (QED) is 0.273. The second-order valence-corrected chi connectivity index (χ2v) is 14.0. The molecular weight excluding hydrogens is 618 g/mol. The Morgan fingerprint density at radius 2 is 1.41 bits per heavy atom. The monoisotopic (exact) mass is 667 g/mol. The molecule has 1 fully saturated rings. The molecule has 260 valence electrons. The molecule has 0 radical (unpaired) electrons. The molecule has 1 heterocycles. The number of hydrogen-bond acceptors (Lipinski definition) is 6. The lowest BCUT2D eigenvalue weighted by molar-refractivity contribution is -0.138. The summed E-state index contributed by atoms with van der Waals surface area (Å²) in [5, 5.41) is 8.74. The van der Waals surface area contributed by atoms with E-state index in [4.69, 9.17) is 4.74 Å². The number of alkyl carbamates (subject to hydrolysis) is 1. The van der Waals surface area contributed by atoms with Gasteiger partial charge in [-0.25, -0.2) is 4.79 Å². The van der Waals surface area contributed by atoms with Crippen LogP contribution in [0.5, 0.6) is 0 Å². The molecule has 0 spiro atoms. The van der Waals surface area contributed by atoms with Crippen molar-refractivity contribution in [1.82, 2.24) is 20.4 Å². The number of anilines is 1. The maximum atomic E-state index is 13.7. The minimum Gasteiger partial charge on any atom is -0.444 e. The van der Waals surface area contributed by atoms with E-state index in [0.29, 0.717) is 38.0 Å². The van der Waals surface area contributed by atoms with Crippen LogP contribution < -0.4 is 16.0 Å². The Hall–Kier alpha value is -4.70. The van der Waals surface area contributed by atoms with E-state index in [1.165, 1.54) is 16.7 Å². The molecular formula is C39H49N5O5. The highest BCUT2D eigenvalue weighted by atomic mass is 16.6. The number of piperazine rings is 1. The van der Waals surface area contributed by atoms with Crippen molar-refractivity contribution >= 4 is 29.5 Å². The van der Waals surface area contributed by atoms with Crippen LogP contribution in [0.2, 0.25) is 0 Å². The molecule has 10 nitrogen and oxygen atoms in total. The third-order valence-electron chi connectivity index (χ3n) is 9.06. The van der Waals surface area contributed by atoms with Crippen molar-refractivity contribution in [3.05, 3.63) is 101 Å². The maximum Gasteiger partial charge on any atom is 0.408 e. The molecule has 5 rings (SSSR count). The van der Waals surface area contributed by atoms with Crippen LogP contribution in [-0.2, 0) is 44.9 Å². The number of carbonyl (C=O) groups is 4. The molecule has 0 unspecified atom stereocenters. The molecule has 10 heteroatoms. The number of amides is 4. The molecule has 3 aromatic rings. The third-order valence-corrected chi connectivity index (χ3v) is 9.06. The summed E-state index contributed by atoms with van der Waals surface area (Å²) in [5.41, 5.74) is 4.31. The van der Waals surface area contributed by atoms with Crippen LogP contribution in [0.1, 0.15) is 56.4 Å². The van der Waals surface area contributed by atoms with Crippen molar-refractivity contribution in [2.24, 2.45) is 5.92 Å². The zero-order chi connectivity index (χ0) is 35.0. The Labute approximate surface area is 289 Å². The van der Waals surface area contributed by atoms with Crippen molar-refractivity contribution < 1.29 is 23.9 Å². The van der Waals surface area contributed by atoms with Gasteiger partial charge in [-0.05, 0) is 73.9 Å². The van der Waals surface area contributed by atoms with Gasteiger partial charge in [-0.3, -0.25) is 19.3 Å². The average Bonchev–Trinajstić information content (AvgIpc) is 3.51. The largest absolute Gasteiger partial charge is 0.444 e. The van der Waals surface area contributed by atoms with Gasteiger partial charge >= 0.3 is 6.09 Å². The van der Waals surface area contributed by atoms with Crippen LogP contribution in [-0.4, -0.2) is 77.5 Å². The Kier molecular flexibility index (Phi) is 11.7. The normalized spacial score (nSPS) is 16.3.